The number of amides is 1. The van der Waals surface area contributed by atoms with Crippen molar-refractivity contribution in [2.75, 3.05) is 13.2 Å². The Morgan fingerprint density at radius 1 is 0.318 bits per heavy atom. The number of carbonyl (C=O) groups is 2. The maximum absolute atomic E-state index is 12.5. The fourth-order valence-corrected chi connectivity index (χ4v) is 12.8. The van der Waals surface area contributed by atoms with Gasteiger partial charge in [0, 0.05) is 12.8 Å². The van der Waals surface area contributed by atoms with E-state index < -0.39 is 12.1 Å². The molecule has 0 saturated carbocycles. The van der Waals surface area contributed by atoms with E-state index >= 15 is 0 Å². The normalized spacial score (nSPS) is 12.5. The molecule has 2 unspecified atom stereocenters. The van der Waals surface area contributed by atoms with Crippen molar-refractivity contribution in [1.82, 2.24) is 5.32 Å². The molecule has 0 aromatic heterocycles. The summed E-state index contributed by atoms with van der Waals surface area (Å²) in [6.07, 6.45) is 94.9. The molecule has 0 radical (unpaired) electrons. The fourth-order valence-electron chi connectivity index (χ4n) is 12.8. The van der Waals surface area contributed by atoms with Gasteiger partial charge < -0.3 is 20.3 Å². The summed E-state index contributed by atoms with van der Waals surface area (Å²) in [7, 11) is 0. The van der Waals surface area contributed by atoms with Crippen molar-refractivity contribution in [2.24, 2.45) is 0 Å². The van der Waals surface area contributed by atoms with Crippen LogP contribution < -0.4 is 5.32 Å². The first kappa shape index (κ1) is 83.6. The lowest BCUT2D eigenvalue weighted by Gasteiger charge is -2.20. The van der Waals surface area contributed by atoms with Crippen LogP contribution in [0.15, 0.2) is 12.2 Å². The third-order valence-electron chi connectivity index (χ3n) is 18.8. The first-order chi connectivity index (χ1) is 42.0. The zero-order valence-corrected chi connectivity index (χ0v) is 58.1. The highest BCUT2D eigenvalue weighted by molar-refractivity contribution is 5.76. The van der Waals surface area contributed by atoms with Crippen LogP contribution in [0.1, 0.15) is 457 Å². The monoisotopic (exact) mass is 1200 g/mol. The van der Waals surface area contributed by atoms with Crippen LogP contribution in [0.3, 0.4) is 0 Å². The van der Waals surface area contributed by atoms with Gasteiger partial charge in [0.05, 0.1) is 25.4 Å². The molecule has 0 rings (SSSR count). The van der Waals surface area contributed by atoms with Crippen molar-refractivity contribution in [3.05, 3.63) is 12.2 Å². The number of hydrogen-bond acceptors (Lipinski definition) is 5. The highest BCUT2D eigenvalue weighted by Gasteiger charge is 2.18. The summed E-state index contributed by atoms with van der Waals surface area (Å²) in [6.45, 7) is 4.95. The van der Waals surface area contributed by atoms with Crippen LogP contribution in [0, 0.1) is 0 Å². The van der Waals surface area contributed by atoms with Crippen LogP contribution in [-0.2, 0) is 14.3 Å². The van der Waals surface area contributed by atoms with Gasteiger partial charge in [-0.2, -0.15) is 0 Å². The molecule has 1 amide bonds. The number of nitrogens with one attached hydrogen (secondary N) is 1. The van der Waals surface area contributed by atoms with Gasteiger partial charge in [-0.15, -0.1) is 0 Å². The van der Waals surface area contributed by atoms with E-state index in [2.05, 4.69) is 19.2 Å². The van der Waals surface area contributed by atoms with Gasteiger partial charge >= 0.3 is 5.97 Å². The van der Waals surface area contributed by atoms with E-state index in [0.717, 1.165) is 38.5 Å². The Hall–Kier alpha value is -1.40. The Bertz CT molecular complexity index is 1290. The molecule has 0 aromatic carbocycles. The molecule has 0 spiro atoms. The summed E-state index contributed by atoms with van der Waals surface area (Å²) < 4.78 is 5.49. The topological polar surface area (TPSA) is 95.9 Å². The predicted octanol–water partition coefficient (Wildman–Crippen LogP) is 25.9. The van der Waals surface area contributed by atoms with Crippen LogP contribution in [-0.4, -0.2) is 47.4 Å². The van der Waals surface area contributed by atoms with Crippen molar-refractivity contribution in [3.8, 4) is 0 Å². The van der Waals surface area contributed by atoms with Crippen LogP contribution >= 0.6 is 0 Å². The Morgan fingerprint density at radius 3 is 0.800 bits per heavy atom. The second-order valence-corrected chi connectivity index (χ2v) is 27.4. The molecule has 0 bridgehead atoms. The highest BCUT2D eigenvalue weighted by atomic mass is 16.5. The van der Waals surface area contributed by atoms with Gasteiger partial charge in [-0.3, -0.25) is 9.59 Å². The van der Waals surface area contributed by atoms with E-state index in [4.69, 9.17) is 4.74 Å². The number of allylic oxidation sites excluding steroid dienone is 1. The molecule has 0 fully saturated rings. The second kappa shape index (κ2) is 75.1. The van der Waals surface area contributed by atoms with Gasteiger partial charge in [-0.05, 0) is 32.1 Å². The number of aliphatic hydroxyl groups excluding tert-OH is 2. The molecule has 0 aliphatic rings. The predicted molar refractivity (Wildman–Crippen MR) is 375 cm³/mol. The third kappa shape index (κ3) is 71.6. The molecule has 85 heavy (non-hydrogen) atoms. The molecule has 3 N–H and O–H groups in total. The lowest BCUT2D eigenvalue weighted by Crippen LogP contribution is -2.45. The standard InChI is InChI=1S/C79H155NO5/c1-3-5-7-9-11-13-15-17-18-42-45-48-51-55-59-63-67-71-77(82)76(75-81)80-78(83)72-68-64-60-56-52-49-46-43-40-38-36-34-32-30-28-26-24-22-20-19-21-23-25-27-29-31-33-35-37-39-41-44-47-50-54-58-62-66-70-74-85-79(84)73-69-65-61-57-53-16-14-12-10-8-6-4-2/h67,71,76-77,81-82H,3-66,68-70,72-75H2,1-2H3,(H,80,83)/b71-67+. The minimum absolute atomic E-state index is 0.0255. The molecule has 6 heteroatoms. The first-order valence-electron chi connectivity index (χ1n) is 39.5. The Kier molecular flexibility index (Phi) is 73.8. The lowest BCUT2D eigenvalue weighted by molar-refractivity contribution is -0.143. The fraction of sp³-hybridized carbons (Fsp3) is 0.949. The van der Waals surface area contributed by atoms with E-state index in [9.17, 15) is 19.8 Å². The van der Waals surface area contributed by atoms with E-state index in [1.54, 1.807) is 6.08 Å². The van der Waals surface area contributed by atoms with Crippen molar-refractivity contribution < 1.29 is 24.5 Å². The summed E-state index contributed by atoms with van der Waals surface area (Å²) in [4.78, 5) is 24.6. The average Bonchev–Trinajstić information content (AvgIpc) is 3.53. The molecule has 0 aromatic rings. The van der Waals surface area contributed by atoms with Crippen LogP contribution in [0.2, 0.25) is 0 Å². The summed E-state index contributed by atoms with van der Waals surface area (Å²) in [5.74, 6) is -0.0322. The maximum Gasteiger partial charge on any atom is 0.305 e. The SMILES string of the molecule is CCCCCCCCCCCCCCCCC/C=C/C(O)C(CO)NC(=O)CCCCCCCCCCCCCCCCCCCCCCCCCCCCCCCCCCCCCCCCCOC(=O)CCCCCCCCCCCCCC. The maximum atomic E-state index is 12.5. The largest absolute Gasteiger partial charge is 0.466 e. The third-order valence-corrected chi connectivity index (χ3v) is 18.8. The van der Waals surface area contributed by atoms with E-state index in [1.807, 2.05) is 6.08 Å². The van der Waals surface area contributed by atoms with Crippen LogP contribution in [0.5, 0.6) is 0 Å². The minimum atomic E-state index is -0.840. The van der Waals surface area contributed by atoms with Gasteiger partial charge in [0.2, 0.25) is 5.91 Å². The van der Waals surface area contributed by atoms with E-state index in [1.165, 1.54) is 392 Å². The van der Waals surface area contributed by atoms with Crippen LogP contribution in [0.4, 0.5) is 0 Å². The second-order valence-electron chi connectivity index (χ2n) is 27.4. The van der Waals surface area contributed by atoms with Gasteiger partial charge in [-0.25, -0.2) is 0 Å². The number of unbranched alkanes of at least 4 members (excludes halogenated alkanes) is 64. The molecule has 6 nitrogen and oxygen atoms in total. The zero-order valence-electron chi connectivity index (χ0n) is 58.1. The molecule has 2 atom stereocenters. The molecule has 0 saturated heterocycles. The quantitative estimate of drug-likeness (QED) is 0.0320. The molecular formula is C79H155NO5. The number of hydrogen-bond donors (Lipinski definition) is 3. The number of aliphatic hydroxyl groups is 2. The summed E-state index contributed by atoms with van der Waals surface area (Å²) in [5, 5.41) is 23.2. The van der Waals surface area contributed by atoms with Crippen LogP contribution in [0.25, 0.3) is 0 Å². The summed E-state index contributed by atoms with van der Waals surface area (Å²) in [6, 6.07) is -0.623. The van der Waals surface area contributed by atoms with Gasteiger partial charge in [0.15, 0.2) is 0 Å². The molecule has 0 aliphatic heterocycles. The molecule has 0 aliphatic carbocycles. The minimum Gasteiger partial charge on any atom is -0.466 e. The first-order valence-corrected chi connectivity index (χ1v) is 39.5. The van der Waals surface area contributed by atoms with Gasteiger partial charge in [-0.1, -0.05) is 424 Å². The van der Waals surface area contributed by atoms with Gasteiger partial charge in [0.25, 0.3) is 0 Å². The summed E-state index contributed by atoms with van der Waals surface area (Å²) >= 11 is 0. The Morgan fingerprint density at radius 2 is 0.541 bits per heavy atom. The van der Waals surface area contributed by atoms with E-state index in [0.29, 0.717) is 19.4 Å². The number of ether oxygens (including phenoxy) is 1. The van der Waals surface area contributed by atoms with Crippen molar-refractivity contribution in [3.63, 3.8) is 0 Å². The Balaban J connectivity index is 3.30. The van der Waals surface area contributed by atoms with E-state index in [-0.39, 0.29) is 18.5 Å². The number of rotatable bonds is 75. The summed E-state index contributed by atoms with van der Waals surface area (Å²) in [5.41, 5.74) is 0. The number of esters is 1. The number of carbonyl (C=O) groups excluding carboxylic acids is 2. The van der Waals surface area contributed by atoms with Crippen molar-refractivity contribution in [2.45, 2.75) is 469 Å². The smallest absolute Gasteiger partial charge is 0.305 e. The zero-order chi connectivity index (χ0) is 61.3. The van der Waals surface area contributed by atoms with Crippen molar-refractivity contribution >= 4 is 11.9 Å². The lowest BCUT2D eigenvalue weighted by atomic mass is 10.0. The molecular weight excluding hydrogens is 1040 g/mol. The van der Waals surface area contributed by atoms with Gasteiger partial charge in [0.1, 0.15) is 0 Å². The molecule has 506 valence electrons. The highest BCUT2D eigenvalue weighted by Crippen LogP contribution is 2.20. The van der Waals surface area contributed by atoms with Crippen molar-refractivity contribution in [1.29, 1.82) is 0 Å². The molecule has 0 heterocycles. The average molecular weight is 1200 g/mol. The Labute approximate surface area is 533 Å².